The fourth-order valence-electron chi connectivity index (χ4n) is 2.74. The molecule has 0 spiro atoms. The van der Waals surface area contributed by atoms with Gasteiger partial charge in [0.05, 0.1) is 0 Å². The molecule has 4 heteroatoms. The van der Waals surface area contributed by atoms with Crippen LogP contribution in [0.15, 0.2) is 54.1 Å². The first-order chi connectivity index (χ1) is 10.2. The van der Waals surface area contributed by atoms with E-state index >= 15 is 0 Å². The first kappa shape index (κ1) is 38.6. The van der Waals surface area contributed by atoms with Crippen molar-refractivity contribution in [1.29, 1.82) is 0 Å². The van der Waals surface area contributed by atoms with E-state index in [2.05, 4.69) is 96.2 Å². The van der Waals surface area contributed by atoms with Crippen LogP contribution in [-0.2, 0) is 31.6 Å². The van der Waals surface area contributed by atoms with E-state index in [1.807, 2.05) is 0 Å². The van der Waals surface area contributed by atoms with Crippen LogP contribution >= 0.6 is 0 Å². The first-order valence-electron chi connectivity index (χ1n) is 8.12. The standard InChI is InChI=1S/C13H15.C9H13.2CH3.2ClH.Si.Zr/c1-13(2,3)12-9-5-7-10-6-4-8-11(10)12;1-9(2,3)8-6-4-5-7-8;;;;;;/h4-9H,1-3H3;6-7H,4H2,1-3H3;2*1H3;2*1H;;/q4*-1;;;;+2/p-2. The minimum absolute atomic E-state index is 0. The summed E-state index contributed by atoms with van der Waals surface area (Å²) in [5.74, 6) is 0. The zero-order valence-electron chi connectivity index (χ0n) is 18.6. The quantitative estimate of drug-likeness (QED) is 0.367. The van der Waals surface area contributed by atoms with Crippen LogP contribution in [0.3, 0.4) is 0 Å². The van der Waals surface area contributed by atoms with E-state index in [-0.39, 0.29) is 82.3 Å². The van der Waals surface area contributed by atoms with E-state index in [0.717, 1.165) is 6.42 Å². The summed E-state index contributed by atoms with van der Waals surface area (Å²) in [7, 11) is 0. The number of hydrogen-bond donors (Lipinski definition) is 0. The molecule has 0 nitrogen and oxygen atoms in total. The van der Waals surface area contributed by atoms with Gasteiger partial charge < -0.3 is 39.7 Å². The molecule has 1 aliphatic rings. The van der Waals surface area contributed by atoms with Gasteiger partial charge in [0.2, 0.25) is 0 Å². The zero-order valence-corrected chi connectivity index (χ0v) is 23.6. The second-order valence-corrected chi connectivity index (χ2v) is 8.05. The average molecular weight is 513 g/mol. The summed E-state index contributed by atoms with van der Waals surface area (Å²) in [5, 5.41) is 2.75. The van der Waals surface area contributed by atoms with Crippen molar-refractivity contribution in [2.24, 2.45) is 5.41 Å². The first-order valence-corrected chi connectivity index (χ1v) is 8.12. The average Bonchev–Trinajstić information content (AvgIpc) is 3.08. The van der Waals surface area contributed by atoms with Gasteiger partial charge in [-0.15, -0.1) is 35.4 Å². The molecule has 156 valence electrons. The molecule has 0 heterocycles. The monoisotopic (exact) mass is 510 g/mol. The van der Waals surface area contributed by atoms with Crippen LogP contribution < -0.4 is 24.8 Å². The Morgan fingerprint density at radius 3 is 1.86 bits per heavy atom. The van der Waals surface area contributed by atoms with Gasteiger partial charge in [-0.3, -0.25) is 6.08 Å². The number of rotatable bonds is 0. The van der Waals surface area contributed by atoms with Gasteiger partial charge >= 0.3 is 26.2 Å². The summed E-state index contributed by atoms with van der Waals surface area (Å²) in [6.45, 7) is 13.4. The van der Waals surface area contributed by atoms with Gasteiger partial charge in [-0.2, -0.15) is 23.8 Å². The molecule has 3 rings (SSSR count). The summed E-state index contributed by atoms with van der Waals surface area (Å²) in [5.41, 5.74) is 3.43. The predicted octanol–water partition coefficient (Wildman–Crippen LogP) is 1.10. The van der Waals surface area contributed by atoms with E-state index in [0.29, 0.717) is 5.41 Å². The Morgan fingerprint density at radius 2 is 1.46 bits per heavy atom. The van der Waals surface area contributed by atoms with Gasteiger partial charge in [0.1, 0.15) is 0 Å². The van der Waals surface area contributed by atoms with Crippen molar-refractivity contribution in [2.75, 3.05) is 0 Å². The van der Waals surface area contributed by atoms with Crippen molar-refractivity contribution in [2.45, 2.75) is 53.4 Å². The number of hydrogen-bond acceptors (Lipinski definition) is 0. The molecule has 0 amide bonds. The smallest absolute Gasteiger partial charge is 1.00 e. The number of fused-ring (bicyclic) bond motifs is 1. The van der Waals surface area contributed by atoms with Gasteiger partial charge in [0.25, 0.3) is 0 Å². The van der Waals surface area contributed by atoms with E-state index in [4.69, 9.17) is 0 Å². The normalized spacial score (nSPS) is 11.6. The van der Waals surface area contributed by atoms with Crippen molar-refractivity contribution >= 4 is 21.7 Å². The van der Waals surface area contributed by atoms with Gasteiger partial charge in [-0.05, 0) is 5.41 Å². The Morgan fingerprint density at radius 1 is 0.893 bits per heavy atom. The molecule has 2 aromatic carbocycles. The van der Waals surface area contributed by atoms with E-state index in [9.17, 15) is 0 Å². The Hall–Kier alpha value is -0.01000. The second-order valence-electron chi connectivity index (χ2n) is 8.05. The molecule has 0 fully saturated rings. The Labute approximate surface area is 211 Å². The fraction of sp³-hybridized carbons (Fsp3) is 0.375. The van der Waals surface area contributed by atoms with Crippen molar-refractivity contribution in [3.8, 4) is 0 Å². The molecular weight excluding hydrogens is 478 g/mol. The fourth-order valence-corrected chi connectivity index (χ4v) is 2.74. The molecule has 0 atom stereocenters. The number of allylic oxidation sites excluding steroid dienone is 4. The number of halogens is 2. The summed E-state index contributed by atoms with van der Waals surface area (Å²) in [6, 6.07) is 13.0. The van der Waals surface area contributed by atoms with E-state index < -0.39 is 0 Å². The van der Waals surface area contributed by atoms with Gasteiger partial charge in [0.15, 0.2) is 0 Å². The molecule has 0 saturated heterocycles. The summed E-state index contributed by atoms with van der Waals surface area (Å²) in [6.07, 6.45) is 8.50. The van der Waals surface area contributed by atoms with Crippen LogP contribution in [0.25, 0.3) is 10.8 Å². The van der Waals surface area contributed by atoms with Crippen molar-refractivity contribution < 1.29 is 51.0 Å². The topological polar surface area (TPSA) is 0 Å². The molecule has 0 saturated carbocycles. The van der Waals surface area contributed by atoms with Crippen LogP contribution in [0.5, 0.6) is 0 Å². The zero-order chi connectivity index (χ0) is 16.4. The largest absolute Gasteiger partial charge is 2.00 e. The van der Waals surface area contributed by atoms with Gasteiger partial charge in [0, 0.05) is 11.0 Å². The summed E-state index contributed by atoms with van der Waals surface area (Å²) in [4.78, 5) is 0. The third-order valence-corrected chi connectivity index (χ3v) is 4.05. The Kier molecular flexibility index (Phi) is 21.7. The predicted molar refractivity (Wildman–Crippen MR) is 117 cm³/mol. The Bertz CT molecular complexity index is 701. The van der Waals surface area contributed by atoms with Crippen molar-refractivity contribution in [3.05, 3.63) is 80.6 Å². The van der Waals surface area contributed by atoms with Crippen molar-refractivity contribution in [3.63, 3.8) is 0 Å². The Balaban J connectivity index is -0.000000108. The summed E-state index contributed by atoms with van der Waals surface area (Å²) < 4.78 is 0. The van der Waals surface area contributed by atoms with Crippen molar-refractivity contribution in [1.82, 2.24) is 0 Å². The molecule has 28 heavy (non-hydrogen) atoms. The molecule has 0 N–H and O–H groups in total. The van der Waals surface area contributed by atoms with Crippen LogP contribution in [-0.4, -0.2) is 11.0 Å². The minimum atomic E-state index is 0. The maximum Gasteiger partial charge on any atom is 2.00 e. The molecule has 2 aromatic rings. The molecule has 4 radical (unpaired) electrons. The second kappa shape index (κ2) is 15.8. The minimum Gasteiger partial charge on any atom is -1.00 e. The maximum atomic E-state index is 3.16. The van der Waals surface area contributed by atoms with Crippen LogP contribution in [0.1, 0.15) is 53.5 Å². The van der Waals surface area contributed by atoms with Crippen LogP contribution in [0, 0.1) is 26.3 Å². The molecule has 0 aliphatic heterocycles. The molecule has 0 unspecified atom stereocenters. The SMILES string of the molecule is CC(C)(C)C1=CC[C-]=C1.CC(C)(C)c1cccc2[cH-]ccc12.[CH3-].[CH3-].[Cl-].[Cl-].[Si].[Zr+2]. The van der Waals surface area contributed by atoms with Gasteiger partial charge in [-0.25, -0.2) is 6.08 Å². The van der Waals surface area contributed by atoms with Crippen LogP contribution in [0.4, 0.5) is 0 Å². The third-order valence-electron chi connectivity index (χ3n) is 4.05. The molecular formula is C24H34Cl2SiZr-4. The summed E-state index contributed by atoms with van der Waals surface area (Å²) >= 11 is 0. The van der Waals surface area contributed by atoms with Gasteiger partial charge in [-0.1, -0.05) is 58.6 Å². The van der Waals surface area contributed by atoms with E-state index in [1.165, 1.54) is 21.9 Å². The third kappa shape index (κ3) is 10.7. The molecule has 0 bridgehead atoms. The van der Waals surface area contributed by atoms with E-state index in [1.54, 1.807) is 0 Å². The number of benzene rings is 1. The molecule has 0 aromatic heterocycles. The molecule has 1 aliphatic carbocycles. The maximum absolute atomic E-state index is 3.16. The van der Waals surface area contributed by atoms with Crippen LogP contribution in [0.2, 0.25) is 0 Å².